The summed E-state index contributed by atoms with van der Waals surface area (Å²) in [5.41, 5.74) is 7.49. The highest BCUT2D eigenvalue weighted by Crippen LogP contribution is 2.21. The quantitative estimate of drug-likeness (QED) is 0.776. The van der Waals surface area contributed by atoms with Gasteiger partial charge in [0.25, 0.3) is 0 Å². The van der Waals surface area contributed by atoms with Gasteiger partial charge in [0.1, 0.15) is 4.21 Å². The fourth-order valence-electron chi connectivity index (χ4n) is 1.56. The largest absolute Gasteiger partial charge is 0.398 e. The molecule has 0 aliphatic heterocycles. The molecule has 2 rings (SSSR count). The van der Waals surface area contributed by atoms with Crippen LogP contribution >= 0.6 is 11.3 Å². The van der Waals surface area contributed by atoms with E-state index in [-0.39, 0.29) is 17.4 Å². The number of nitrogens with two attached hydrogens (primary N) is 1. The molecule has 0 saturated heterocycles. The van der Waals surface area contributed by atoms with Gasteiger partial charge in [-0.1, -0.05) is 24.3 Å². The first kappa shape index (κ1) is 14.0. The molecule has 4 N–H and O–H groups in total. The van der Waals surface area contributed by atoms with E-state index in [4.69, 9.17) is 10.8 Å². The van der Waals surface area contributed by atoms with E-state index in [0.29, 0.717) is 5.69 Å². The number of nitrogen functional groups attached to an aromatic ring is 1. The number of benzene rings is 1. The average Bonchev–Trinajstić information content (AvgIpc) is 2.84. The Morgan fingerprint density at radius 2 is 2.00 bits per heavy atom. The van der Waals surface area contributed by atoms with E-state index in [1.807, 2.05) is 0 Å². The third-order valence-corrected chi connectivity index (χ3v) is 5.36. The molecular weight excluding hydrogens is 284 g/mol. The van der Waals surface area contributed by atoms with Crippen LogP contribution in [-0.4, -0.2) is 13.5 Å². The van der Waals surface area contributed by atoms with Gasteiger partial charge in [-0.3, -0.25) is 0 Å². The van der Waals surface area contributed by atoms with Crippen molar-refractivity contribution in [2.75, 3.05) is 5.73 Å². The summed E-state index contributed by atoms with van der Waals surface area (Å²) in [5.74, 6) is 0. The Kier molecular flexibility index (Phi) is 4.20. The van der Waals surface area contributed by atoms with Crippen molar-refractivity contribution in [2.45, 2.75) is 17.4 Å². The fourth-order valence-corrected chi connectivity index (χ4v) is 3.70. The SMILES string of the molecule is Nc1csc(S(=O)(=O)NCc2cccc(CO)c2)c1. The normalized spacial score (nSPS) is 11.6. The second kappa shape index (κ2) is 5.70. The second-order valence-electron chi connectivity index (χ2n) is 4.00. The van der Waals surface area contributed by atoms with Gasteiger partial charge >= 0.3 is 0 Å². The van der Waals surface area contributed by atoms with Crippen LogP contribution in [0.4, 0.5) is 5.69 Å². The maximum absolute atomic E-state index is 12.0. The molecule has 5 nitrogen and oxygen atoms in total. The number of thiophene rings is 1. The van der Waals surface area contributed by atoms with Gasteiger partial charge < -0.3 is 10.8 Å². The molecule has 0 spiro atoms. The predicted octanol–water partition coefficient (Wildman–Crippen LogP) is 1.30. The molecule has 19 heavy (non-hydrogen) atoms. The number of aliphatic hydroxyl groups excluding tert-OH is 1. The summed E-state index contributed by atoms with van der Waals surface area (Å²) in [7, 11) is -3.53. The lowest BCUT2D eigenvalue weighted by molar-refractivity contribution is 0.281. The first-order chi connectivity index (χ1) is 9.01. The molecule has 7 heteroatoms. The third kappa shape index (κ3) is 3.54. The van der Waals surface area contributed by atoms with E-state index in [1.165, 1.54) is 6.07 Å². The highest BCUT2D eigenvalue weighted by atomic mass is 32.2. The molecule has 0 bridgehead atoms. The number of sulfonamides is 1. The molecule has 0 atom stereocenters. The van der Waals surface area contributed by atoms with Gasteiger partial charge in [-0.15, -0.1) is 11.3 Å². The Morgan fingerprint density at radius 1 is 1.26 bits per heavy atom. The van der Waals surface area contributed by atoms with Crippen molar-refractivity contribution in [1.82, 2.24) is 4.72 Å². The Labute approximate surface area is 115 Å². The molecule has 0 aliphatic carbocycles. The minimum Gasteiger partial charge on any atom is -0.398 e. The molecular formula is C12H14N2O3S2. The molecule has 0 aliphatic rings. The zero-order valence-electron chi connectivity index (χ0n) is 10.0. The van der Waals surface area contributed by atoms with Crippen LogP contribution in [0.3, 0.4) is 0 Å². The highest BCUT2D eigenvalue weighted by molar-refractivity contribution is 7.91. The van der Waals surface area contributed by atoms with Gasteiger partial charge in [0.05, 0.1) is 6.61 Å². The van der Waals surface area contributed by atoms with Gasteiger partial charge in [-0.05, 0) is 17.2 Å². The molecule has 1 heterocycles. The number of anilines is 1. The number of hydrogen-bond acceptors (Lipinski definition) is 5. The summed E-state index contributed by atoms with van der Waals surface area (Å²) < 4.78 is 26.6. The second-order valence-corrected chi connectivity index (χ2v) is 6.91. The fraction of sp³-hybridized carbons (Fsp3) is 0.167. The minimum atomic E-state index is -3.53. The van der Waals surface area contributed by atoms with E-state index in [9.17, 15) is 8.42 Å². The molecule has 0 unspecified atom stereocenters. The van der Waals surface area contributed by atoms with Crippen molar-refractivity contribution < 1.29 is 13.5 Å². The predicted molar refractivity (Wildman–Crippen MR) is 75.1 cm³/mol. The van der Waals surface area contributed by atoms with Crippen LogP contribution in [0.2, 0.25) is 0 Å². The Morgan fingerprint density at radius 3 is 2.63 bits per heavy atom. The summed E-state index contributed by atoms with van der Waals surface area (Å²) in [6.07, 6.45) is 0. The molecule has 0 saturated carbocycles. The Hall–Kier alpha value is -1.41. The molecule has 0 amide bonds. The van der Waals surface area contributed by atoms with Crippen LogP contribution in [0.25, 0.3) is 0 Å². The van der Waals surface area contributed by atoms with Crippen molar-refractivity contribution in [3.63, 3.8) is 0 Å². The van der Waals surface area contributed by atoms with Crippen LogP contribution < -0.4 is 10.5 Å². The smallest absolute Gasteiger partial charge is 0.250 e. The van der Waals surface area contributed by atoms with Crippen LogP contribution in [0.15, 0.2) is 39.9 Å². The van der Waals surface area contributed by atoms with E-state index in [0.717, 1.165) is 22.5 Å². The summed E-state index contributed by atoms with van der Waals surface area (Å²) >= 11 is 1.08. The summed E-state index contributed by atoms with van der Waals surface area (Å²) in [4.78, 5) is 0. The number of rotatable bonds is 5. The summed E-state index contributed by atoms with van der Waals surface area (Å²) in [6, 6.07) is 8.53. The number of aliphatic hydroxyl groups is 1. The lowest BCUT2D eigenvalue weighted by atomic mass is 10.1. The van der Waals surface area contributed by atoms with Crippen LogP contribution in [-0.2, 0) is 23.2 Å². The van der Waals surface area contributed by atoms with Crippen molar-refractivity contribution in [2.24, 2.45) is 0 Å². The maximum atomic E-state index is 12.0. The van der Waals surface area contributed by atoms with Crippen LogP contribution in [0.5, 0.6) is 0 Å². The van der Waals surface area contributed by atoms with Gasteiger partial charge in [0.15, 0.2) is 0 Å². The van der Waals surface area contributed by atoms with Crippen molar-refractivity contribution in [3.8, 4) is 0 Å². The number of nitrogens with one attached hydrogen (secondary N) is 1. The summed E-state index contributed by atoms with van der Waals surface area (Å²) in [6.45, 7) is 0.107. The molecule has 0 fully saturated rings. The van der Waals surface area contributed by atoms with E-state index < -0.39 is 10.0 Å². The topological polar surface area (TPSA) is 92.4 Å². The van der Waals surface area contributed by atoms with E-state index >= 15 is 0 Å². The summed E-state index contributed by atoms with van der Waals surface area (Å²) in [5, 5.41) is 10.6. The average molecular weight is 298 g/mol. The van der Waals surface area contributed by atoms with Gasteiger partial charge in [-0.25, -0.2) is 13.1 Å². The van der Waals surface area contributed by atoms with E-state index in [2.05, 4.69) is 4.72 Å². The van der Waals surface area contributed by atoms with Crippen LogP contribution in [0, 0.1) is 0 Å². The Balaban J connectivity index is 2.09. The van der Waals surface area contributed by atoms with Crippen molar-refractivity contribution in [1.29, 1.82) is 0 Å². The van der Waals surface area contributed by atoms with Gasteiger partial charge in [-0.2, -0.15) is 0 Å². The minimum absolute atomic E-state index is 0.0674. The highest BCUT2D eigenvalue weighted by Gasteiger charge is 2.15. The monoisotopic (exact) mass is 298 g/mol. The standard InChI is InChI=1S/C12H14N2O3S2/c13-11-5-12(18-8-11)19(16,17)14-6-9-2-1-3-10(4-9)7-15/h1-5,8,14-15H,6-7,13H2. The first-order valence-corrected chi connectivity index (χ1v) is 7.90. The van der Waals surface area contributed by atoms with Gasteiger partial charge in [0.2, 0.25) is 10.0 Å². The lowest BCUT2D eigenvalue weighted by Gasteiger charge is -2.06. The first-order valence-electron chi connectivity index (χ1n) is 5.53. The third-order valence-electron chi connectivity index (χ3n) is 2.50. The van der Waals surface area contributed by atoms with Crippen molar-refractivity contribution in [3.05, 3.63) is 46.8 Å². The van der Waals surface area contributed by atoms with Gasteiger partial charge in [0, 0.05) is 17.6 Å². The van der Waals surface area contributed by atoms with Crippen molar-refractivity contribution >= 4 is 27.0 Å². The lowest BCUT2D eigenvalue weighted by Crippen LogP contribution is -2.22. The molecule has 2 aromatic rings. The number of hydrogen-bond donors (Lipinski definition) is 3. The molecule has 1 aromatic carbocycles. The Bertz CT molecular complexity index is 665. The molecule has 1 aromatic heterocycles. The van der Waals surface area contributed by atoms with Crippen LogP contribution in [0.1, 0.15) is 11.1 Å². The zero-order chi connectivity index (χ0) is 13.9. The molecule has 0 radical (unpaired) electrons. The maximum Gasteiger partial charge on any atom is 0.250 e. The zero-order valence-corrected chi connectivity index (χ0v) is 11.7. The van der Waals surface area contributed by atoms with E-state index in [1.54, 1.807) is 29.6 Å². The molecule has 102 valence electrons.